The molecule has 2 heterocycles. The molecule has 8 nitrogen and oxygen atoms in total. The molecule has 0 unspecified atom stereocenters. The van der Waals surface area contributed by atoms with Crippen LogP contribution in [0.5, 0.6) is 0 Å². The second kappa shape index (κ2) is 13.0. The molecule has 0 bridgehead atoms. The lowest BCUT2D eigenvalue weighted by molar-refractivity contribution is -0.120. The fraction of sp³-hybridized carbons (Fsp3) is 0.320. The summed E-state index contributed by atoms with van der Waals surface area (Å²) in [6.07, 6.45) is 3.77. The van der Waals surface area contributed by atoms with Gasteiger partial charge in [0.15, 0.2) is 5.96 Å². The Balaban J connectivity index is 0.00000324. The quantitative estimate of drug-likeness (QED) is 0.219. The first-order valence-electron chi connectivity index (χ1n) is 11.4. The Morgan fingerprint density at radius 3 is 2.59 bits per heavy atom. The number of amides is 1. The van der Waals surface area contributed by atoms with Crippen molar-refractivity contribution < 1.29 is 4.79 Å². The molecule has 0 aliphatic carbocycles. The van der Waals surface area contributed by atoms with E-state index in [4.69, 9.17) is 4.99 Å². The SMILES string of the molecule is CCNC(=NCc1ccc(N2CCNC(=O)C2)cc1)NCc1ccccc1Cn1cccn1.I. The van der Waals surface area contributed by atoms with Gasteiger partial charge in [-0.2, -0.15) is 5.10 Å². The Bertz CT molecular complexity index is 1070. The van der Waals surface area contributed by atoms with Crippen molar-refractivity contribution in [2.24, 2.45) is 4.99 Å². The van der Waals surface area contributed by atoms with Gasteiger partial charge in [-0.3, -0.25) is 9.48 Å². The van der Waals surface area contributed by atoms with Gasteiger partial charge in [0.2, 0.25) is 5.91 Å². The van der Waals surface area contributed by atoms with Crippen LogP contribution >= 0.6 is 24.0 Å². The Hall–Kier alpha value is -3.08. The van der Waals surface area contributed by atoms with Gasteiger partial charge in [0, 0.05) is 44.3 Å². The van der Waals surface area contributed by atoms with Crippen molar-refractivity contribution in [1.82, 2.24) is 25.7 Å². The van der Waals surface area contributed by atoms with Gasteiger partial charge in [0.25, 0.3) is 0 Å². The lowest BCUT2D eigenvalue weighted by atomic mass is 10.1. The zero-order valence-electron chi connectivity index (χ0n) is 19.4. The number of carbonyl (C=O) groups excluding carboxylic acids is 1. The van der Waals surface area contributed by atoms with Crippen LogP contribution in [0, 0.1) is 0 Å². The Morgan fingerprint density at radius 2 is 1.88 bits per heavy atom. The number of aliphatic imine (C=N–C) groups is 1. The van der Waals surface area contributed by atoms with Crippen molar-refractivity contribution >= 4 is 41.5 Å². The first kappa shape index (κ1) is 25.5. The molecule has 180 valence electrons. The number of benzene rings is 2. The van der Waals surface area contributed by atoms with Crippen LogP contribution in [0.25, 0.3) is 0 Å². The highest BCUT2D eigenvalue weighted by Crippen LogP contribution is 2.16. The van der Waals surface area contributed by atoms with E-state index in [2.05, 4.69) is 81.4 Å². The molecular formula is C25H32IN7O. The number of piperazine rings is 1. The molecule has 2 aromatic carbocycles. The van der Waals surface area contributed by atoms with Crippen LogP contribution in [0.15, 0.2) is 72.0 Å². The molecule has 3 aromatic rings. The van der Waals surface area contributed by atoms with Gasteiger partial charge in [0.1, 0.15) is 0 Å². The zero-order valence-corrected chi connectivity index (χ0v) is 21.7. The van der Waals surface area contributed by atoms with E-state index in [-0.39, 0.29) is 29.9 Å². The number of carbonyl (C=O) groups is 1. The number of hydrogen-bond acceptors (Lipinski definition) is 4. The maximum absolute atomic E-state index is 11.6. The summed E-state index contributed by atoms with van der Waals surface area (Å²) >= 11 is 0. The normalized spacial score (nSPS) is 13.7. The summed E-state index contributed by atoms with van der Waals surface area (Å²) < 4.78 is 1.93. The van der Waals surface area contributed by atoms with E-state index in [1.165, 1.54) is 11.1 Å². The first-order valence-corrected chi connectivity index (χ1v) is 11.4. The second-order valence-electron chi connectivity index (χ2n) is 7.96. The zero-order chi connectivity index (χ0) is 22.9. The minimum Gasteiger partial charge on any atom is -0.360 e. The standard InChI is InChI=1S/C25H31N7O.HI/c1-2-26-25(29-17-21-6-3-4-7-22(21)18-32-14-5-12-30-32)28-16-20-8-10-23(11-9-20)31-15-13-27-24(33)19-31;/h3-12,14H,2,13,15-19H2,1H3,(H,27,33)(H2,26,28,29);1H. The van der Waals surface area contributed by atoms with E-state index in [0.29, 0.717) is 26.2 Å². The molecule has 4 rings (SSSR count). The third kappa shape index (κ3) is 7.21. The fourth-order valence-electron chi connectivity index (χ4n) is 3.81. The van der Waals surface area contributed by atoms with Crippen molar-refractivity contribution in [2.75, 3.05) is 31.1 Å². The van der Waals surface area contributed by atoms with Crippen LogP contribution in [-0.2, 0) is 24.4 Å². The predicted octanol–water partition coefficient (Wildman–Crippen LogP) is 2.74. The Kier molecular flexibility index (Phi) is 9.75. The number of hydrogen-bond donors (Lipinski definition) is 3. The fourth-order valence-corrected chi connectivity index (χ4v) is 3.81. The summed E-state index contributed by atoms with van der Waals surface area (Å²) in [7, 11) is 0. The summed E-state index contributed by atoms with van der Waals surface area (Å²) in [5.41, 5.74) is 4.63. The third-order valence-corrected chi connectivity index (χ3v) is 5.56. The number of anilines is 1. The van der Waals surface area contributed by atoms with Crippen molar-refractivity contribution in [3.8, 4) is 0 Å². The smallest absolute Gasteiger partial charge is 0.239 e. The minimum atomic E-state index is 0. The molecule has 1 aliphatic heterocycles. The molecule has 9 heteroatoms. The predicted molar refractivity (Wildman–Crippen MR) is 147 cm³/mol. The summed E-state index contributed by atoms with van der Waals surface area (Å²) in [4.78, 5) is 18.5. The monoisotopic (exact) mass is 573 g/mol. The highest BCUT2D eigenvalue weighted by Gasteiger charge is 2.16. The number of nitrogens with one attached hydrogen (secondary N) is 3. The maximum atomic E-state index is 11.6. The van der Waals surface area contributed by atoms with Gasteiger partial charge in [-0.15, -0.1) is 24.0 Å². The van der Waals surface area contributed by atoms with Crippen molar-refractivity contribution in [3.63, 3.8) is 0 Å². The van der Waals surface area contributed by atoms with Crippen LogP contribution in [-0.4, -0.2) is 47.8 Å². The minimum absolute atomic E-state index is 0. The Labute approximate surface area is 217 Å². The molecule has 3 N–H and O–H groups in total. The van der Waals surface area contributed by atoms with Crippen molar-refractivity contribution in [3.05, 3.63) is 83.7 Å². The summed E-state index contributed by atoms with van der Waals surface area (Å²) in [6.45, 7) is 6.78. The van der Waals surface area contributed by atoms with Gasteiger partial charge in [-0.25, -0.2) is 4.99 Å². The third-order valence-electron chi connectivity index (χ3n) is 5.56. The lowest BCUT2D eigenvalue weighted by Crippen LogP contribution is -2.47. The highest BCUT2D eigenvalue weighted by atomic mass is 127. The molecule has 0 saturated carbocycles. The summed E-state index contributed by atoms with van der Waals surface area (Å²) in [5.74, 6) is 0.852. The first-order chi connectivity index (χ1) is 16.2. The van der Waals surface area contributed by atoms with Crippen LogP contribution in [0.3, 0.4) is 0 Å². The van der Waals surface area contributed by atoms with Crippen molar-refractivity contribution in [1.29, 1.82) is 0 Å². The number of guanidine groups is 1. The number of aromatic nitrogens is 2. The highest BCUT2D eigenvalue weighted by molar-refractivity contribution is 14.0. The number of nitrogens with zero attached hydrogens (tertiary/aromatic N) is 4. The van der Waals surface area contributed by atoms with Gasteiger partial charge in [-0.05, 0) is 41.8 Å². The topological polar surface area (TPSA) is 86.6 Å². The molecule has 0 spiro atoms. The molecule has 1 aromatic heterocycles. The molecule has 1 fully saturated rings. The molecule has 1 saturated heterocycles. The van der Waals surface area contributed by atoms with E-state index in [0.717, 1.165) is 36.8 Å². The van der Waals surface area contributed by atoms with Gasteiger partial charge >= 0.3 is 0 Å². The van der Waals surface area contributed by atoms with Gasteiger partial charge < -0.3 is 20.9 Å². The van der Waals surface area contributed by atoms with E-state index in [9.17, 15) is 4.79 Å². The van der Waals surface area contributed by atoms with Gasteiger partial charge in [-0.1, -0.05) is 36.4 Å². The molecule has 1 amide bonds. The Morgan fingerprint density at radius 1 is 1.09 bits per heavy atom. The van der Waals surface area contributed by atoms with E-state index in [1.807, 2.05) is 16.9 Å². The van der Waals surface area contributed by atoms with E-state index < -0.39 is 0 Å². The molecule has 0 radical (unpaired) electrons. The second-order valence-corrected chi connectivity index (χ2v) is 7.96. The average Bonchev–Trinajstić information content (AvgIpc) is 3.35. The molecule has 34 heavy (non-hydrogen) atoms. The van der Waals surface area contributed by atoms with Gasteiger partial charge in [0.05, 0.1) is 19.6 Å². The number of halogens is 1. The molecule has 0 atom stereocenters. The van der Waals surface area contributed by atoms with Crippen LogP contribution in [0.4, 0.5) is 5.69 Å². The number of rotatable bonds is 8. The average molecular weight is 573 g/mol. The van der Waals surface area contributed by atoms with E-state index >= 15 is 0 Å². The lowest BCUT2D eigenvalue weighted by Gasteiger charge is -2.28. The maximum Gasteiger partial charge on any atom is 0.239 e. The summed E-state index contributed by atoms with van der Waals surface area (Å²) in [5, 5.41) is 14.0. The molecular weight excluding hydrogens is 541 g/mol. The summed E-state index contributed by atoms with van der Waals surface area (Å²) in [6, 6.07) is 18.6. The van der Waals surface area contributed by atoms with Crippen molar-refractivity contribution in [2.45, 2.75) is 26.6 Å². The van der Waals surface area contributed by atoms with Crippen LogP contribution in [0.1, 0.15) is 23.6 Å². The largest absolute Gasteiger partial charge is 0.360 e. The molecule has 1 aliphatic rings. The van der Waals surface area contributed by atoms with Crippen LogP contribution < -0.4 is 20.9 Å². The van der Waals surface area contributed by atoms with Crippen LogP contribution in [0.2, 0.25) is 0 Å². The van der Waals surface area contributed by atoms with E-state index in [1.54, 1.807) is 6.20 Å².